The van der Waals surface area contributed by atoms with E-state index in [1.165, 1.54) is 12.8 Å². The highest BCUT2D eigenvalue weighted by atomic mass is 35.5. The molecule has 1 atom stereocenters. The van der Waals surface area contributed by atoms with Crippen LogP contribution in [0.25, 0.3) is 0 Å². The fraction of sp³-hybridized carbons (Fsp3) is 0.500. The summed E-state index contributed by atoms with van der Waals surface area (Å²) in [5.74, 6) is -0.0523. The molecule has 1 heterocycles. The van der Waals surface area contributed by atoms with Crippen molar-refractivity contribution in [3.63, 3.8) is 0 Å². The maximum atomic E-state index is 11.9. The quantitative estimate of drug-likeness (QED) is 0.908. The van der Waals surface area contributed by atoms with Crippen LogP contribution in [0.1, 0.15) is 30.1 Å². The first-order valence-corrected chi connectivity index (χ1v) is 6.82. The molecule has 1 aromatic carbocycles. The molecule has 1 aliphatic heterocycles. The normalized spacial score (nSPS) is 17.7. The molecular weight excluding hydrogens is 248 g/mol. The van der Waals surface area contributed by atoms with Crippen LogP contribution in [0.3, 0.4) is 0 Å². The van der Waals surface area contributed by atoms with Gasteiger partial charge in [-0.2, -0.15) is 0 Å². The van der Waals surface area contributed by atoms with Crippen molar-refractivity contribution in [2.45, 2.75) is 25.8 Å². The lowest BCUT2D eigenvalue weighted by atomic mass is 10.2. The molecule has 1 fully saturated rings. The number of rotatable bonds is 4. The molecule has 1 aromatic rings. The molecule has 0 aromatic heterocycles. The highest BCUT2D eigenvalue weighted by Gasteiger charge is 2.18. The summed E-state index contributed by atoms with van der Waals surface area (Å²) in [6, 6.07) is 7.43. The number of carbonyl (C=O) groups excluding carboxylic acids is 1. The van der Waals surface area contributed by atoms with Crippen LogP contribution < -0.4 is 5.32 Å². The van der Waals surface area contributed by atoms with E-state index in [0.717, 1.165) is 13.1 Å². The average Bonchev–Trinajstić information content (AvgIpc) is 2.89. The Hall–Kier alpha value is -1.06. The minimum Gasteiger partial charge on any atom is -0.350 e. The monoisotopic (exact) mass is 266 g/mol. The van der Waals surface area contributed by atoms with Crippen molar-refractivity contribution in [2.75, 3.05) is 19.6 Å². The maximum Gasteiger partial charge on any atom is 0.251 e. The van der Waals surface area contributed by atoms with Gasteiger partial charge in [-0.05, 0) is 51.1 Å². The summed E-state index contributed by atoms with van der Waals surface area (Å²) in [6.07, 6.45) is 2.54. The molecule has 0 aliphatic carbocycles. The van der Waals surface area contributed by atoms with Crippen LogP contribution in [0.4, 0.5) is 0 Å². The van der Waals surface area contributed by atoms with Crippen molar-refractivity contribution >= 4 is 17.5 Å². The van der Waals surface area contributed by atoms with Gasteiger partial charge in [0, 0.05) is 23.2 Å². The van der Waals surface area contributed by atoms with Gasteiger partial charge in [-0.3, -0.25) is 9.69 Å². The lowest BCUT2D eigenvalue weighted by Gasteiger charge is -2.23. The van der Waals surface area contributed by atoms with Crippen molar-refractivity contribution in [2.24, 2.45) is 0 Å². The van der Waals surface area contributed by atoms with E-state index in [2.05, 4.69) is 17.1 Å². The van der Waals surface area contributed by atoms with E-state index >= 15 is 0 Å². The summed E-state index contributed by atoms with van der Waals surface area (Å²) in [5, 5.41) is 3.56. The second-order valence-corrected chi connectivity index (χ2v) is 5.25. The van der Waals surface area contributed by atoms with Gasteiger partial charge in [0.25, 0.3) is 5.91 Å². The minimum absolute atomic E-state index is 0.0523. The number of hydrogen-bond donors (Lipinski definition) is 1. The van der Waals surface area contributed by atoms with E-state index in [0.29, 0.717) is 23.2 Å². The van der Waals surface area contributed by atoms with E-state index in [1.54, 1.807) is 24.3 Å². The molecule has 1 aliphatic rings. The molecule has 2 rings (SSSR count). The third-order valence-electron chi connectivity index (χ3n) is 3.41. The minimum atomic E-state index is -0.0523. The first kappa shape index (κ1) is 13.4. The Balaban J connectivity index is 1.84. The van der Waals surface area contributed by atoms with Crippen molar-refractivity contribution < 1.29 is 4.79 Å². The summed E-state index contributed by atoms with van der Waals surface area (Å²) in [5.41, 5.74) is 0.621. The molecule has 4 heteroatoms. The van der Waals surface area contributed by atoms with E-state index in [9.17, 15) is 4.79 Å². The fourth-order valence-corrected chi connectivity index (χ4v) is 2.47. The topological polar surface area (TPSA) is 32.3 Å². The molecule has 1 N–H and O–H groups in total. The summed E-state index contributed by atoms with van der Waals surface area (Å²) in [6.45, 7) is 5.14. The fourth-order valence-electron chi connectivity index (χ4n) is 2.28. The molecule has 0 bridgehead atoms. The Morgan fingerprint density at radius 1 is 1.44 bits per heavy atom. The lowest BCUT2D eigenvalue weighted by molar-refractivity contribution is 0.0940. The molecule has 1 unspecified atom stereocenters. The molecule has 98 valence electrons. The first-order chi connectivity index (χ1) is 8.66. The zero-order valence-corrected chi connectivity index (χ0v) is 11.4. The molecule has 0 radical (unpaired) electrons. The van der Waals surface area contributed by atoms with Gasteiger partial charge in [-0.15, -0.1) is 0 Å². The predicted octanol–water partition coefficient (Wildman–Crippen LogP) is 2.55. The maximum absolute atomic E-state index is 11.9. The Morgan fingerprint density at radius 2 is 2.17 bits per heavy atom. The third kappa shape index (κ3) is 3.47. The van der Waals surface area contributed by atoms with E-state index in [1.807, 2.05) is 0 Å². The number of nitrogens with zero attached hydrogens (tertiary/aromatic N) is 1. The Bertz CT molecular complexity index is 416. The number of amides is 1. The number of benzene rings is 1. The molecule has 1 amide bonds. The van der Waals surface area contributed by atoms with Crippen molar-refractivity contribution in [3.05, 3.63) is 34.9 Å². The van der Waals surface area contributed by atoms with Gasteiger partial charge in [0.05, 0.1) is 0 Å². The van der Waals surface area contributed by atoms with Gasteiger partial charge in [-0.25, -0.2) is 0 Å². The molecule has 18 heavy (non-hydrogen) atoms. The van der Waals surface area contributed by atoms with Gasteiger partial charge in [-0.1, -0.05) is 17.7 Å². The largest absolute Gasteiger partial charge is 0.350 e. The smallest absolute Gasteiger partial charge is 0.251 e. The number of nitrogens with one attached hydrogen (secondary N) is 1. The van der Waals surface area contributed by atoms with Gasteiger partial charge in [0.2, 0.25) is 0 Å². The second kappa shape index (κ2) is 6.21. The van der Waals surface area contributed by atoms with Crippen molar-refractivity contribution in [1.29, 1.82) is 0 Å². The predicted molar refractivity (Wildman–Crippen MR) is 74.1 cm³/mol. The summed E-state index contributed by atoms with van der Waals surface area (Å²) >= 11 is 5.87. The number of hydrogen-bond acceptors (Lipinski definition) is 2. The van der Waals surface area contributed by atoms with Crippen LogP contribution in [0.5, 0.6) is 0 Å². The first-order valence-electron chi connectivity index (χ1n) is 6.44. The van der Waals surface area contributed by atoms with Crippen LogP contribution in [-0.2, 0) is 0 Å². The molecule has 1 saturated heterocycles. The second-order valence-electron chi connectivity index (χ2n) is 4.81. The highest BCUT2D eigenvalue weighted by molar-refractivity contribution is 6.30. The molecule has 3 nitrogen and oxygen atoms in total. The van der Waals surface area contributed by atoms with Gasteiger partial charge < -0.3 is 5.32 Å². The van der Waals surface area contributed by atoms with E-state index in [4.69, 9.17) is 11.6 Å². The average molecular weight is 267 g/mol. The Labute approximate surface area is 113 Å². The summed E-state index contributed by atoms with van der Waals surface area (Å²) in [4.78, 5) is 14.3. The van der Waals surface area contributed by atoms with E-state index in [-0.39, 0.29) is 5.91 Å². The van der Waals surface area contributed by atoms with Crippen LogP contribution in [0.15, 0.2) is 24.3 Å². The van der Waals surface area contributed by atoms with Gasteiger partial charge in [0.15, 0.2) is 0 Å². The Kier molecular flexibility index (Phi) is 4.61. The number of halogens is 1. The van der Waals surface area contributed by atoms with Crippen LogP contribution in [-0.4, -0.2) is 36.5 Å². The molecule has 0 saturated carbocycles. The standard InChI is InChI=1S/C14H19ClN2O/c1-11(17-7-2-3-8-17)10-16-14(18)12-5-4-6-13(15)9-12/h4-6,9,11H,2-3,7-8,10H2,1H3,(H,16,18). The lowest BCUT2D eigenvalue weighted by Crippen LogP contribution is -2.40. The molecule has 0 spiro atoms. The van der Waals surface area contributed by atoms with Crippen molar-refractivity contribution in [3.8, 4) is 0 Å². The highest BCUT2D eigenvalue weighted by Crippen LogP contribution is 2.12. The zero-order valence-electron chi connectivity index (χ0n) is 10.7. The summed E-state index contributed by atoms with van der Waals surface area (Å²) in [7, 11) is 0. The van der Waals surface area contributed by atoms with Crippen LogP contribution in [0, 0.1) is 0 Å². The number of likely N-dealkylation sites (tertiary alicyclic amines) is 1. The van der Waals surface area contributed by atoms with Gasteiger partial charge >= 0.3 is 0 Å². The summed E-state index contributed by atoms with van der Waals surface area (Å²) < 4.78 is 0. The van der Waals surface area contributed by atoms with Crippen LogP contribution >= 0.6 is 11.6 Å². The van der Waals surface area contributed by atoms with E-state index < -0.39 is 0 Å². The zero-order chi connectivity index (χ0) is 13.0. The molecular formula is C14H19ClN2O. The SMILES string of the molecule is CC(CNC(=O)c1cccc(Cl)c1)N1CCCC1. The Morgan fingerprint density at radius 3 is 2.83 bits per heavy atom. The third-order valence-corrected chi connectivity index (χ3v) is 3.64. The van der Waals surface area contributed by atoms with Gasteiger partial charge in [0.1, 0.15) is 0 Å². The number of carbonyl (C=O) groups is 1. The van der Waals surface area contributed by atoms with Crippen LogP contribution in [0.2, 0.25) is 5.02 Å². The van der Waals surface area contributed by atoms with Crippen molar-refractivity contribution in [1.82, 2.24) is 10.2 Å².